The molecule has 2 aromatic heterocycles. The minimum Gasteiger partial charge on any atom is -0.340 e. The van der Waals surface area contributed by atoms with Crippen molar-refractivity contribution >= 4 is 17.5 Å². The smallest absolute Gasteiger partial charge is 0.252 e. The number of rotatable bonds is 4. The average Bonchev–Trinajstić information content (AvgIpc) is 2.98. The Balaban J connectivity index is 1.53. The van der Waals surface area contributed by atoms with Gasteiger partial charge in [-0.15, -0.1) is 0 Å². The van der Waals surface area contributed by atoms with Crippen LogP contribution in [0, 0.1) is 6.92 Å². The van der Waals surface area contributed by atoms with Crippen LogP contribution in [0.5, 0.6) is 0 Å². The molecule has 0 unspecified atom stereocenters. The Hall–Kier alpha value is -1.73. The lowest BCUT2D eigenvalue weighted by Crippen LogP contribution is -2.47. The van der Waals surface area contributed by atoms with Gasteiger partial charge < -0.3 is 4.90 Å². The first-order chi connectivity index (χ1) is 10.2. The normalized spacial score (nSPS) is 16.3. The van der Waals surface area contributed by atoms with Crippen molar-refractivity contribution in [3.05, 3.63) is 39.3 Å². The average molecular weight is 305 g/mol. The number of anilines is 1. The van der Waals surface area contributed by atoms with Crippen LogP contribution in [0.25, 0.3) is 0 Å². The topological polar surface area (TPSA) is 65.1 Å². The van der Waals surface area contributed by atoms with Crippen LogP contribution >= 0.6 is 11.5 Å². The van der Waals surface area contributed by atoms with Crippen LogP contribution in [0.2, 0.25) is 0 Å². The summed E-state index contributed by atoms with van der Waals surface area (Å²) in [6, 6.07) is 3.61. The SMILES string of the molecule is Cc1cc(=O)[nH]c(N2CCN(CCc3ccns3)CC2)n1. The summed E-state index contributed by atoms with van der Waals surface area (Å²) >= 11 is 1.58. The molecule has 7 heteroatoms. The van der Waals surface area contributed by atoms with Crippen LogP contribution in [0.3, 0.4) is 0 Å². The molecule has 0 aliphatic carbocycles. The molecule has 1 fully saturated rings. The van der Waals surface area contributed by atoms with Gasteiger partial charge in [0.05, 0.1) is 0 Å². The second-order valence-corrected chi connectivity index (χ2v) is 6.19. The van der Waals surface area contributed by atoms with E-state index in [1.807, 2.05) is 13.1 Å². The molecular weight excluding hydrogens is 286 g/mol. The fourth-order valence-electron chi connectivity index (χ4n) is 2.54. The summed E-state index contributed by atoms with van der Waals surface area (Å²) < 4.78 is 4.13. The monoisotopic (exact) mass is 305 g/mol. The molecule has 1 aliphatic heterocycles. The number of hydrogen-bond acceptors (Lipinski definition) is 6. The Morgan fingerprint density at radius 3 is 2.81 bits per heavy atom. The first kappa shape index (κ1) is 14.2. The van der Waals surface area contributed by atoms with Crippen LogP contribution in [-0.4, -0.2) is 52.0 Å². The largest absolute Gasteiger partial charge is 0.340 e. The highest BCUT2D eigenvalue weighted by atomic mass is 32.1. The molecule has 112 valence electrons. The molecule has 2 aromatic rings. The third kappa shape index (κ3) is 3.68. The Kier molecular flexibility index (Phi) is 4.31. The standard InChI is InChI=1S/C14H19N5OS/c1-11-10-13(20)17-14(16-11)19-8-6-18(7-9-19)5-3-12-2-4-15-21-12/h2,4,10H,3,5-9H2,1H3,(H,16,17,20). The van der Waals surface area contributed by atoms with Gasteiger partial charge in [0.2, 0.25) is 5.95 Å². The van der Waals surface area contributed by atoms with Gasteiger partial charge in [0.15, 0.2) is 0 Å². The summed E-state index contributed by atoms with van der Waals surface area (Å²) in [6.07, 6.45) is 2.92. The summed E-state index contributed by atoms with van der Waals surface area (Å²) in [6.45, 7) is 6.70. The summed E-state index contributed by atoms with van der Waals surface area (Å²) in [5, 5.41) is 0. The maximum absolute atomic E-state index is 11.5. The van der Waals surface area contributed by atoms with Crippen molar-refractivity contribution in [1.29, 1.82) is 0 Å². The second kappa shape index (κ2) is 6.36. The van der Waals surface area contributed by atoms with Gasteiger partial charge in [-0.1, -0.05) is 0 Å². The van der Waals surface area contributed by atoms with Gasteiger partial charge in [0, 0.05) is 55.6 Å². The molecule has 0 atom stereocenters. The van der Waals surface area contributed by atoms with Crippen molar-refractivity contribution < 1.29 is 0 Å². The first-order valence-electron chi connectivity index (χ1n) is 7.15. The fourth-order valence-corrected chi connectivity index (χ4v) is 3.10. The molecule has 0 saturated carbocycles. The minimum absolute atomic E-state index is 0.0786. The molecule has 0 spiro atoms. The van der Waals surface area contributed by atoms with E-state index in [-0.39, 0.29) is 5.56 Å². The van der Waals surface area contributed by atoms with Crippen LogP contribution in [0.15, 0.2) is 23.1 Å². The Morgan fingerprint density at radius 1 is 1.33 bits per heavy atom. The van der Waals surface area contributed by atoms with Gasteiger partial charge >= 0.3 is 0 Å². The summed E-state index contributed by atoms with van der Waals surface area (Å²) in [4.78, 5) is 24.7. The number of aryl methyl sites for hydroxylation is 1. The van der Waals surface area contributed by atoms with E-state index in [9.17, 15) is 4.79 Å². The molecule has 1 N–H and O–H groups in total. The second-order valence-electron chi connectivity index (χ2n) is 5.27. The lowest BCUT2D eigenvalue weighted by Gasteiger charge is -2.34. The van der Waals surface area contributed by atoms with E-state index in [1.54, 1.807) is 11.5 Å². The van der Waals surface area contributed by atoms with E-state index in [4.69, 9.17) is 0 Å². The van der Waals surface area contributed by atoms with Crippen LogP contribution in [0.1, 0.15) is 10.6 Å². The highest BCUT2D eigenvalue weighted by molar-refractivity contribution is 7.05. The zero-order valence-electron chi connectivity index (χ0n) is 12.1. The Bertz CT molecular complexity index is 631. The van der Waals surface area contributed by atoms with Gasteiger partial charge in [-0.2, -0.15) is 0 Å². The highest BCUT2D eigenvalue weighted by Gasteiger charge is 2.18. The molecule has 0 radical (unpaired) electrons. The van der Waals surface area contributed by atoms with Crippen LogP contribution in [-0.2, 0) is 6.42 Å². The number of aromatic amines is 1. The number of nitrogens with one attached hydrogen (secondary N) is 1. The molecule has 0 bridgehead atoms. The molecule has 1 aliphatic rings. The van der Waals surface area contributed by atoms with E-state index in [0.717, 1.165) is 44.8 Å². The molecule has 1 saturated heterocycles. The van der Waals surface area contributed by atoms with E-state index in [1.165, 1.54) is 10.9 Å². The van der Waals surface area contributed by atoms with E-state index in [2.05, 4.69) is 30.2 Å². The molecule has 0 amide bonds. The highest BCUT2D eigenvalue weighted by Crippen LogP contribution is 2.11. The van der Waals surface area contributed by atoms with E-state index >= 15 is 0 Å². The molecule has 0 aromatic carbocycles. The van der Waals surface area contributed by atoms with Crippen molar-refractivity contribution in [3.8, 4) is 0 Å². The summed E-state index contributed by atoms with van der Waals surface area (Å²) in [5.74, 6) is 0.696. The number of hydrogen-bond donors (Lipinski definition) is 1. The Morgan fingerprint density at radius 2 is 2.14 bits per heavy atom. The van der Waals surface area contributed by atoms with Crippen molar-refractivity contribution in [3.63, 3.8) is 0 Å². The van der Waals surface area contributed by atoms with Gasteiger partial charge in [-0.25, -0.2) is 9.36 Å². The van der Waals surface area contributed by atoms with Crippen molar-refractivity contribution in [1.82, 2.24) is 19.2 Å². The first-order valence-corrected chi connectivity index (χ1v) is 7.93. The fraction of sp³-hybridized carbons (Fsp3) is 0.500. The van der Waals surface area contributed by atoms with E-state index in [0.29, 0.717) is 5.95 Å². The number of nitrogens with zero attached hydrogens (tertiary/aromatic N) is 4. The molecular formula is C14H19N5OS. The van der Waals surface area contributed by atoms with Gasteiger partial charge in [0.1, 0.15) is 0 Å². The van der Waals surface area contributed by atoms with Gasteiger partial charge in [-0.3, -0.25) is 14.7 Å². The van der Waals surface area contributed by atoms with Crippen molar-refractivity contribution in [2.75, 3.05) is 37.6 Å². The molecule has 21 heavy (non-hydrogen) atoms. The molecule has 3 rings (SSSR count). The quantitative estimate of drug-likeness (QED) is 0.909. The lowest BCUT2D eigenvalue weighted by molar-refractivity contribution is 0.260. The van der Waals surface area contributed by atoms with Crippen molar-refractivity contribution in [2.24, 2.45) is 0 Å². The third-order valence-electron chi connectivity index (χ3n) is 3.69. The molecule has 3 heterocycles. The maximum Gasteiger partial charge on any atom is 0.252 e. The lowest BCUT2D eigenvalue weighted by atomic mass is 10.2. The summed E-state index contributed by atoms with van der Waals surface area (Å²) in [7, 11) is 0. The van der Waals surface area contributed by atoms with Crippen LogP contribution < -0.4 is 10.5 Å². The maximum atomic E-state index is 11.5. The zero-order valence-corrected chi connectivity index (χ0v) is 12.9. The van der Waals surface area contributed by atoms with Crippen molar-refractivity contribution in [2.45, 2.75) is 13.3 Å². The number of aromatic nitrogens is 3. The minimum atomic E-state index is -0.0786. The summed E-state index contributed by atoms with van der Waals surface area (Å²) in [5.41, 5.74) is 0.687. The molecule has 6 nitrogen and oxygen atoms in total. The Labute approximate surface area is 127 Å². The van der Waals surface area contributed by atoms with E-state index < -0.39 is 0 Å². The zero-order chi connectivity index (χ0) is 14.7. The van der Waals surface area contributed by atoms with Crippen LogP contribution in [0.4, 0.5) is 5.95 Å². The number of piperazine rings is 1. The van der Waals surface area contributed by atoms with Gasteiger partial charge in [-0.05, 0) is 30.9 Å². The van der Waals surface area contributed by atoms with Gasteiger partial charge in [0.25, 0.3) is 5.56 Å². The predicted octanol–water partition coefficient (Wildman–Crippen LogP) is 0.900. The predicted molar refractivity (Wildman–Crippen MR) is 84.1 cm³/mol. The third-order valence-corrected chi connectivity index (χ3v) is 4.50. The number of H-pyrrole nitrogens is 1.